The van der Waals surface area contributed by atoms with Crippen molar-refractivity contribution in [3.63, 3.8) is 0 Å². The van der Waals surface area contributed by atoms with Crippen LogP contribution in [0.4, 0.5) is 0 Å². The summed E-state index contributed by atoms with van der Waals surface area (Å²) in [4.78, 5) is 0. The second kappa shape index (κ2) is 9.43. The van der Waals surface area contributed by atoms with E-state index in [-0.39, 0.29) is 5.69 Å². The Hall–Kier alpha value is -4.06. The van der Waals surface area contributed by atoms with E-state index in [4.69, 9.17) is 0 Å². The van der Waals surface area contributed by atoms with Crippen LogP contribution in [0.5, 0.6) is 28.7 Å². The van der Waals surface area contributed by atoms with Crippen LogP contribution in [0, 0.1) is 13.8 Å². The molecule has 34 heavy (non-hydrogen) atoms. The molecule has 1 aromatic heterocycles. The quantitative estimate of drug-likeness (QED) is 0.212. The number of nitrogens with zero attached hydrogens (tertiary/aromatic N) is 1. The van der Waals surface area contributed by atoms with Crippen molar-refractivity contribution in [1.82, 2.24) is 4.57 Å². The molecule has 0 amide bonds. The van der Waals surface area contributed by atoms with Gasteiger partial charge in [-0.1, -0.05) is 50.3 Å². The first-order valence-corrected chi connectivity index (χ1v) is 11.2. The van der Waals surface area contributed by atoms with E-state index in [9.17, 15) is 25.5 Å². The average Bonchev–Trinajstić information content (AvgIpc) is 3.17. The van der Waals surface area contributed by atoms with E-state index in [1.807, 2.05) is 58.0 Å². The van der Waals surface area contributed by atoms with Gasteiger partial charge in [-0.3, -0.25) is 0 Å². The molecule has 0 aliphatic rings. The van der Waals surface area contributed by atoms with Crippen LogP contribution in [-0.4, -0.2) is 30.1 Å². The molecular weight excluding hydrogens is 430 g/mol. The number of aryl methyl sites for hydroxylation is 2. The molecule has 6 heteroatoms. The Morgan fingerprint density at radius 3 is 1.71 bits per heavy atom. The fourth-order valence-corrected chi connectivity index (χ4v) is 4.15. The van der Waals surface area contributed by atoms with Gasteiger partial charge in [-0.05, 0) is 62.1 Å². The standard InChI is InChI=1S/C26H25NO5.C2H6/c1-5-17-18-12-16(15-8-7-13(3)14(4)11-15)9-10-20(18)27(19(17)6-2)21-22(28)24(30)26(32)25(31)23(21)29;1-2/h5-12,28-32H,1-4H3;1-2H3/b17-5-,19-6+;. The Morgan fingerprint density at radius 1 is 0.647 bits per heavy atom. The zero-order valence-electron chi connectivity index (χ0n) is 20.3. The van der Waals surface area contributed by atoms with Crippen molar-refractivity contribution in [3.8, 4) is 45.6 Å². The second-order valence-corrected chi connectivity index (χ2v) is 7.83. The number of hydrogen-bond donors (Lipinski definition) is 5. The van der Waals surface area contributed by atoms with Crippen LogP contribution in [-0.2, 0) is 0 Å². The Labute approximate surface area is 198 Å². The number of fused-ring (bicyclic) bond motifs is 1. The smallest absolute Gasteiger partial charge is 0.208 e. The minimum absolute atomic E-state index is 0.220. The van der Waals surface area contributed by atoms with Crippen LogP contribution in [0.25, 0.3) is 39.9 Å². The maximum atomic E-state index is 10.6. The first-order valence-electron chi connectivity index (χ1n) is 11.2. The number of benzene rings is 3. The van der Waals surface area contributed by atoms with Crippen LogP contribution >= 0.6 is 0 Å². The summed E-state index contributed by atoms with van der Waals surface area (Å²) < 4.78 is 1.55. The molecule has 4 rings (SSSR count). The van der Waals surface area contributed by atoms with E-state index in [0.717, 1.165) is 21.7 Å². The summed E-state index contributed by atoms with van der Waals surface area (Å²) in [6.45, 7) is 11.8. The second-order valence-electron chi connectivity index (χ2n) is 7.83. The molecule has 0 aliphatic carbocycles. The van der Waals surface area contributed by atoms with Crippen molar-refractivity contribution in [2.75, 3.05) is 0 Å². The van der Waals surface area contributed by atoms with Crippen molar-refractivity contribution >= 4 is 23.1 Å². The Kier molecular flexibility index (Phi) is 6.82. The van der Waals surface area contributed by atoms with Crippen molar-refractivity contribution in [1.29, 1.82) is 0 Å². The normalized spacial score (nSPS) is 12.2. The summed E-state index contributed by atoms with van der Waals surface area (Å²) in [6, 6.07) is 12.1. The topological polar surface area (TPSA) is 106 Å². The largest absolute Gasteiger partial charge is 0.503 e. The lowest BCUT2D eigenvalue weighted by Gasteiger charge is -2.15. The molecule has 0 spiro atoms. The van der Waals surface area contributed by atoms with E-state index in [0.29, 0.717) is 10.9 Å². The zero-order chi connectivity index (χ0) is 25.3. The molecule has 0 radical (unpaired) electrons. The Bertz CT molecular complexity index is 1480. The molecular formula is C28H31NO5. The molecule has 1 heterocycles. The van der Waals surface area contributed by atoms with E-state index in [1.54, 1.807) is 4.57 Å². The third kappa shape index (κ3) is 3.71. The summed E-state index contributed by atoms with van der Waals surface area (Å²) in [6.07, 6.45) is 3.73. The Balaban J connectivity index is 0.00000158. The number of aromatic hydroxyl groups is 5. The van der Waals surface area contributed by atoms with Crippen LogP contribution in [0.3, 0.4) is 0 Å². The fourth-order valence-electron chi connectivity index (χ4n) is 4.15. The number of phenolic OH excluding ortho intramolecular Hbond substituents is 5. The van der Waals surface area contributed by atoms with Gasteiger partial charge < -0.3 is 30.1 Å². The summed E-state index contributed by atoms with van der Waals surface area (Å²) in [5.41, 5.74) is 4.90. The van der Waals surface area contributed by atoms with Gasteiger partial charge in [0.2, 0.25) is 17.2 Å². The van der Waals surface area contributed by atoms with Crippen LogP contribution in [0.2, 0.25) is 0 Å². The van der Waals surface area contributed by atoms with Gasteiger partial charge in [0.25, 0.3) is 0 Å². The maximum Gasteiger partial charge on any atom is 0.208 e. The van der Waals surface area contributed by atoms with Gasteiger partial charge in [-0.2, -0.15) is 0 Å². The molecule has 0 fully saturated rings. The van der Waals surface area contributed by atoms with Crippen molar-refractivity contribution in [3.05, 3.63) is 58.1 Å². The first-order chi connectivity index (χ1) is 16.2. The molecule has 0 saturated heterocycles. The van der Waals surface area contributed by atoms with E-state index in [2.05, 4.69) is 32.0 Å². The van der Waals surface area contributed by atoms with Crippen molar-refractivity contribution in [2.45, 2.75) is 41.5 Å². The van der Waals surface area contributed by atoms with Crippen LogP contribution < -0.4 is 10.6 Å². The fraction of sp³-hybridized carbons (Fsp3) is 0.214. The van der Waals surface area contributed by atoms with Crippen molar-refractivity contribution < 1.29 is 25.5 Å². The molecule has 4 aromatic rings. The summed E-state index contributed by atoms with van der Waals surface area (Å²) in [5, 5.41) is 53.5. The summed E-state index contributed by atoms with van der Waals surface area (Å²) in [7, 11) is 0. The lowest BCUT2D eigenvalue weighted by atomic mass is 9.99. The van der Waals surface area contributed by atoms with Gasteiger partial charge in [0.05, 0.1) is 5.52 Å². The minimum Gasteiger partial charge on any atom is -0.503 e. The summed E-state index contributed by atoms with van der Waals surface area (Å²) in [5.74, 6) is -4.28. The molecule has 0 saturated carbocycles. The van der Waals surface area contributed by atoms with Gasteiger partial charge in [-0.25, -0.2) is 0 Å². The van der Waals surface area contributed by atoms with Gasteiger partial charge >= 0.3 is 0 Å². The predicted octanol–water partition coefficient (Wildman–Crippen LogP) is 5.07. The van der Waals surface area contributed by atoms with Gasteiger partial charge in [-0.15, -0.1) is 0 Å². The highest BCUT2D eigenvalue weighted by atomic mass is 16.4. The lowest BCUT2D eigenvalue weighted by molar-refractivity contribution is 0.327. The molecule has 5 N–H and O–H groups in total. The van der Waals surface area contributed by atoms with Gasteiger partial charge in [0, 0.05) is 16.0 Å². The maximum absolute atomic E-state index is 10.6. The van der Waals surface area contributed by atoms with Crippen LogP contribution in [0.1, 0.15) is 38.8 Å². The molecule has 178 valence electrons. The highest BCUT2D eigenvalue weighted by molar-refractivity contribution is 5.90. The predicted molar refractivity (Wildman–Crippen MR) is 137 cm³/mol. The van der Waals surface area contributed by atoms with E-state index < -0.39 is 28.7 Å². The third-order valence-electron chi connectivity index (χ3n) is 6.02. The lowest BCUT2D eigenvalue weighted by Crippen LogP contribution is -2.27. The van der Waals surface area contributed by atoms with Gasteiger partial charge in [0.1, 0.15) is 5.69 Å². The number of hydrogen-bond acceptors (Lipinski definition) is 5. The number of rotatable bonds is 2. The zero-order valence-corrected chi connectivity index (χ0v) is 20.3. The number of aromatic nitrogens is 1. The first kappa shape index (κ1) is 24.6. The molecule has 0 unspecified atom stereocenters. The van der Waals surface area contributed by atoms with Crippen molar-refractivity contribution in [2.24, 2.45) is 0 Å². The molecule has 0 aliphatic heterocycles. The summed E-state index contributed by atoms with van der Waals surface area (Å²) >= 11 is 0. The third-order valence-corrected chi connectivity index (χ3v) is 6.02. The molecule has 0 bridgehead atoms. The molecule has 6 nitrogen and oxygen atoms in total. The Morgan fingerprint density at radius 2 is 1.18 bits per heavy atom. The molecule has 3 aromatic carbocycles. The SMILES string of the molecule is C/C=c1\c(=C/C)n(-c2c(O)c(O)c(O)c(O)c2O)c2ccc(-c3ccc(C)c(C)c3)cc12.CC. The van der Waals surface area contributed by atoms with E-state index >= 15 is 0 Å². The van der Waals surface area contributed by atoms with E-state index in [1.165, 1.54) is 11.1 Å². The minimum atomic E-state index is -0.985. The monoisotopic (exact) mass is 461 g/mol. The highest BCUT2D eigenvalue weighted by Crippen LogP contribution is 2.52. The van der Waals surface area contributed by atoms with Crippen LogP contribution in [0.15, 0.2) is 36.4 Å². The average molecular weight is 462 g/mol. The number of phenols is 5. The highest BCUT2D eigenvalue weighted by Gasteiger charge is 2.26. The van der Waals surface area contributed by atoms with Gasteiger partial charge in [0.15, 0.2) is 11.5 Å². The molecule has 0 atom stereocenters.